The summed E-state index contributed by atoms with van der Waals surface area (Å²) in [4.78, 5) is 44.2. The van der Waals surface area contributed by atoms with Crippen molar-refractivity contribution >= 4 is 105 Å². The molecule has 0 radical (unpaired) electrons. The highest BCUT2D eigenvalue weighted by Crippen LogP contribution is 2.39. The Hall–Kier alpha value is -3.72. The van der Waals surface area contributed by atoms with Gasteiger partial charge in [0.15, 0.2) is 0 Å². The largest absolute Gasteiger partial charge is 0.424 e. The first-order chi connectivity index (χ1) is 37.9. The third kappa shape index (κ3) is 20.1. The third-order valence-electron chi connectivity index (χ3n) is 14.0. The van der Waals surface area contributed by atoms with Crippen LogP contribution < -0.4 is 10.6 Å². The van der Waals surface area contributed by atoms with Gasteiger partial charge in [-0.3, -0.25) is 9.98 Å². The van der Waals surface area contributed by atoms with Crippen molar-refractivity contribution in [3.8, 4) is 0 Å². The van der Waals surface area contributed by atoms with Gasteiger partial charge in [-0.25, -0.2) is 9.59 Å². The van der Waals surface area contributed by atoms with Crippen LogP contribution in [0.4, 0.5) is 11.4 Å². The van der Waals surface area contributed by atoms with Crippen molar-refractivity contribution in [1.29, 1.82) is 0 Å². The number of esters is 2. The highest BCUT2D eigenvalue weighted by Gasteiger charge is 2.40. The van der Waals surface area contributed by atoms with Crippen molar-refractivity contribution in [2.45, 2.75) is 141 Å². The second-order valence-electron chi connectivity index (χ2n) is 20.2. The number of ether oxygens (including phenoxy) is 2. The molecule has 0 saturated carbocycles. The number of unbranched alkanes of at least 4 members (excludes halogenated alkanes) is 12. The van der Waals surface area contributed by atoms with E-state index in [1.807, 2.05) is 72.8 Å². The fraction of sp³-hybridized carbons (Fsp3) is 0.516. The van der Waals surface area contributed by atoms with Gasteiger partial charge in [0.25, 0.3) is 10.1 Å². The number of aliphatic imine (C=N–C) groups is 2. The molecule has 424 valence electrons. The molecule has 0 aromatic heterocycles. The van der Waals surface area contributed by atoms with Crippen LogP contribution in [0.25, 0.3) is 0 Å². The quantitative estimate of drug-likeness (QED) is 0.0203. The average Bonchev–Trinajstić information content (AvgIpc) is 3.68. The lowest BCUT2D eigenvalue weighted by atomic mass is 10.0. The number of anilines is 2. The van der Waals surface area contributed by atoms with Crippen molar-refractivity contribution in [1.82, 2.24) is 9.80 Å². The van der Waals surface area contributed by atoms with Gasteiger partial charge in [0.1, 0.15) is 13.1 Å². The van der Waals surface area contributed by atoms with Crippen molar-refractivity contribution in [2.75, 3.05) is 74.5 Å². The molecule has 0 spiro atoms. The van der Waals surface area contributed by atoms with Crippen LogP contribution in [0.3, 0.4) is 0 Å². The van der Waals surface area contributed by atoms with Gasteiger partial charge in [-0.15, -0.1) is 0 Å². The van der Waals surface area contributed by atoms with Crippen molar-refractivity contribution in [2.24, 2.45) is 9.98 Å². The molecule has 78 heavy (non-hydrogen) atoms. The summed E-state index contributed by atoms with van der Waals surface area (Å²) in [5, 5.41) is 6.53. The van der Waals surface area contributed by atoms with E-state index in [9.17, 15) is 9.59 Å². The number of hydrogen-bond acceptors (Lipinski definition) is 12. The van der Waals surface area contributed by atoms with Crippen molar-refractivity contribution in [3.63, 3.8) is 0 Å². The summed E-state index contributed by atoms with van der Waals surface area (Å²) in [6.45, 7) is 14.6. The van der Waals surface area contributed by atoms with E-state index in [-0.39, 0.29) is 13.1 Å². The summed E-state index contributed by atoms with van der Waals surface area (Å²) in [6.07, 6.45) is 21.2. The molecule has 10 nitrogen and oxygen atoms in total. The molecule has 2 unspecified atom stereocenters. The lowest BCUT2D eigenvalue weighted by Gasteiger charge is -2.33. The van der Waals surface area contributed by atoms with E-state index in [4.69, 9.17) is 65.9 Å². The molecule has 2 heterocycles. The Balaban J connectivity index is 1.29. The minimum atomic E-state index is -1.39. The van der Waals surface area contributed by atoms with Crippen molar-refractivity contribution in [3.05, 3.63) is 139 Å². The number of nitrogens with zero attached hydrogens (tertiary/aromatic N) is 4. The summed E-state index contributed by atoms with van der Waals surface area (Å²) in [5.74, 6) is -0.216. The number of nitrogens with one attached hydrogen (secondary N) is 2. The molecule has 6 rings (SSSR count). The maximum absolute atomic E-state index is 14.4. The molecular weight excluding hydrogens is 1100 g/mol. The predicted octanol–water partition coefficient (Wildman–Crippen LogP) is 16.9. The standard InChI is InChI=1S/C62H82Cl4N6O4S2/c1-5-9-13-21-35-71(36-22-14-10-6-2)39-41-77-61(45-67-59(49-25-17-19-27-53(49)65)51-43-47(63)29-31-55(51)69-61)75-57(73)33-34-58(74)76-62(78-42-40-72(37-23-15-11-7-3)38-24-16-12-8-4)46-68-60(50-26-18-20-28-54(50)66)52-44-48(64)30-32-56(52)70-62/h17-20,25-34,43-44,69-70H,5-16,21-24,35-42,45-46H2,1-4H3/b34-33+. The van der Waals surface area contributed by atoms with Gasteiger partial charge in [0.2, 0.25) is 0 Å². The van der Waals surface area contributed by atoms with Crippen LogP contribution in [-0.4, -0.2) is 107 Å². The van der Waals surface area contributed by atoms with Crippen LogP contribution in [0.1, 0.15) is 153 Å². The van der Waals surface area contributed by atoms with Gasteiger partial charge in [-0.05, 0) is 100 Å². The second kappa shape index (κ2) is 33.9. The molecule has 0 saturated heterocycles. The topological polar surface area (TPSA) is 108 Å². The summed E-state index contributed by atoms with van der Waals surface area (Å²) in [6, 6.07) is 26.1. The summed E-state index contributed by atoms with van der Waals surface area (Å²) in [5.41, 5.74) is 5.49. The van der Waals surface area contributed by atoms with E-state index in [0.29, 0.717) is 54.4 Å². The van der Waals surface area contributed by atoms with Gasteiger partial charge in [0, 0.05) is 90.5 Å². The van der Waals surface area contributed by atoms with Crippen LogP contribution >= 0.6 is 69.9 Å². The Kier molecular flexibility index (Phi) is 27.6. The third-order valence-corrected chi connectivity index (χ3v) is 17.4. The number of halogens is 4. The number of carbonyl (C=O) groups is 2. The van der Waals surface area contributed by atoms with E-state index < -0.39 is 22.1 Å². The Morgan fingerprint density at radius 1 is 0.500 bits per heavy atom. The Bertz CT molecular complexity index is 2420. The van der Waals surface area contributed by atoms with Crippen LogP contribution in [0.15, 0.2) is 107 Å². The first-order valence-corrected chi connectivity index (χ1v) is 32.0. The number of benzene rings is 4. The molecule has 16 heteroatoms. The second-order valence-corrected chi connectivity index (χ2v) is 24.6. The fourth-order valence-corrected chi connectivity index (χ4v) is 12.8. The smallest absolute Gasteiger partial charge is 0.333 e. The number of benzodiazepines with no additional fused rings is 2. The molecule has 4 aromatic carbocycles. The fourth-order valence-electron chi connectivity index (χ4n) is 9.70. The van der Waals surface area contributed by atoms with E-state index >= 15 is 0 Å². The molecule has 2 N–H and O–H groups in total. The number of rotatable bonds is 34. The number of carbonyl (C=O) groups excluding carboxylic acids is 2. The monoisotopic (exact) mass is 1180 g/mol. The van der Waals surface area contributed by atoms with Crippen LogP contribution in [0.2, 0.25) is 20.1 Å². The minimum absolute atomic E-state index is 0.0363. The van der Waals surface area contributed by atoms with Gasteiger partial charge in [-0.2, -0.15) is 0 Å². The SMILES string of the molecule is CCCCCCN(CCCCCC)CCSC1(OC(=O)/C=C/C(=O)OC2(SCCN(CCCCCC)CCCCCC)CN=C(c3ccccc3Cl)c3cc(Cl)ccc3N2)CN=C(c2ccccc2Cl)c2cc(Cl)ccc2N1. The Morgan fingerprint density at radius 3 is 1.21 bits per heavy atom. The van der Waals surface area contributed by atoms with Gasteiger partial charge < -0.3 is 29.9 Å². The summed E-state index contributed by atoms with van der Waals surface area (Å²) < 4.78 is 13.1. The first kappa shape index (κ1) is 63.5. The number of thioether (sulfide) groups is 2. The van der Waals surface area contributed by atoms with Gasteiger partial charge >= 0.3 is 11.9 Å². The average molecular weight is 1180 g/mol. The van der Waals surface area contributed by atoms with E-state index in [1.165, 1.54) is 101 Å². The molecule has 0 fully saturated rings. The normalized spacial score (nSPS) is 17.2. The first-order valence-electron chi connectivity index (χ1n) is 28.5. The van der Waals surface area contributed by atoms with E-state index in [0.717, 1.165) is 99.4 Å². The van der Waals surface area contributed by atoms with Crippen LogP contribution in [0.5, 0.6) is 0 Å². The lowest BCUT2D eigenvalue weighted by Crippen LogP contribution is -2.44. The lowest BCUT2D eigenvalue weighted by molar-refractivity contribution is -0.146. The summed E-state index contributed by atoms with van der Waals surface area (Å²) >= 11 is 30.0. The molecule has 4 aromatic rings. The number of hydrogen-bond donors (Lipinski definition) is 2. The minimum Gasteiger partial charge on any atom is -0.424 e. The van der Waals surface area contributed by atoms with E-state index in [2.05, 4.69) is 48.1 Å². The highest BCUT2D eigenvalue weighted by atomic mass is 35.5. The zero-order chi connectivity index (χ0) is 55.6. The van der Waals surface area contributed by atoms with E-state index in [1.54, 1.807) is 12.1 Å². The van der Waals surface area contributed by atoms with Crippen LogP contribution in [-0.2, 0) is 19.1 Å². The Morgan fingerprint density at radius 2 is 0.859 bits per heavy atom. The molecular formula is C62H82Cl4N6O4S2. The predicted molar refractivity (Wildman–Crippen MR) is 335 cm³/mol. The van der Waals surface area contributed by atoms with Crippen LogP contribution in [0, 0.1) is 0 Å². The molecule has 2 aliphatic rings. The molecule has 0 aliphatic carbocycles. The van der Waals surface area contributed by atoms with Crippen molar-refractivity contribution < 1.29 is 19.1 Å². The highest BCUT2D eigenvalue weighted by molar-refractivity contribution is 8.00. The molecule has 0 amide bonds. The molecule has 2 aliphatic heterocycles. The molecule has 0 bridgehead atoms. The number of fused-ring (bicyclic) bond motifs is 2. The van der Waals surface area contributed by atoms with Gasteiger partial charge in [-0.1, -0.05) is 211 Å². The zero-order valence-electron chi connectivity index (χ0n) is 46.4. The zero-order valence-corrected chi connectivity index (χ0v) is 51.0. The van der Waals surface area contributed by atoms with Gasteiger partial charge in [0.05, 0.1) is 11.4 Å². The maximum Gasteiger partial charge on any atom is 0.333 e. The molecule has 2 atom stereocenters. The maximum atomic E-state index is 14.4. The Labute approximate surface area is 494 Å². The summed E-state index contributed by atoms with van der Waals surface area (Å²) in [7, 11) is 0.